The van der Waals surface area contributed by atoms with Crippen LogP contribution in [-0.2, 0) is 9.59 Å². The predicted octanol–water partition coefficient (Wildman–Crippen LogP) is 1.01. The van der Waals surface area contributed by atoms with Gasteiger partial charge in [0.2, 0.25) is 5.91 Å². The van der Waals surface area contributed by atoms with Crippen LogP contribution < -0.4 is 5.32 Å². The van der Waals surface area contributed by atoms with Crippen molar-refractivity contribution >= 4 is 11.9 Å². The normalized spacial score (nSPS) is 22.5. The largest absolute Gasteiger partial charge is 0.481 e. The van der Waals surface area contributed by atoms with Gasteiger partial charge in [-0.1, -0.05) is 0 Å². The second kappa shape index (κ2) is 3.83. The average Bonchev–Trinajstić information content (AvgIpc) is 3.03. The van der Waals surface area contributed by atoms with E-state index < -0.39 is 11.9 Å². The maximum Gasteiger partial charge on any atom is 0.315 e. The van der Waals surface area contributed by atoms with Crippen molar-refractivity contribution in [2.24, 2.45) is 17.8 Å². The third kappa shape index (κ3) is 2.49. The van der Waals surface area contributed by atoms with E-state index >= 15 is 0 Å². The Morgan fingerprint density at radius 1 is 1.20 bits per heavy atom. The van der Waals surface area contributed by atoms with Gasteiger partial charge in [-0.2, -0.15) is 0 Å². The summed E-state index contributed by atoms with van der Waals surface area (Å²) in [5, 5.41) is 11.6. The highest BCUT2D eigenvalue weighted by atomic mass is 16.4. The first kappa shape index (κ1) is 10.5. The molecule has 1 amide bonds. The molecule has 15 heavy (non-hydrogen) atoms. The van der Waals surface area contributed by atoms with Crippen LogP contribution >= 0.6 is 0 Å². The summed E-state index contributed by atoms with van der Waals surface area (Å²) in [5.41, 5.74) is 0. The molecule has 4 heteroatoms. The van der Waals surface area contributed by atoms with E-state index in [4.69, 9.17) is 5.11 Å². The van der Waals surface area contributed by atoms with Gasteiger partial charge >= 0.3 is 5.97 Å². The van der Waals surface area contributed by atoms with E-state index in [9.17, 15) is 9.59 Å². The summed E-state index contributed by atoms with van der Waals surface area (Å²) in [4.78, 5) is 22.2. The molecule has 0 saturated heterocycles. The Kier molecular flexibility index (Phi) is 2.67. The van der Waals surface area contributed by atoms with Crippen molar-refractivity contribution in [1.29, 1.82) is 0 Å². The quantitative estimate of drug-likeness (QED) is 0.667. The van der Waals surface area contributed by atoms with E-state index in [0.717, 1.165) is 0 Å². The monoisotopic (exact) mass is 211 g/mol. The molecular weight excluding hydrogens is 194 g/mol. The molecule has 2 fully saturated rings. The summed E-state index contributed by atoms with van der Waals surface area (Å²) >= 11 is 0. The van der Waals surface area contributed by atoms with Gasteiger partial charge in [0.15, 0.2) is 0 Å². The third-order valence-electron chi connectivity index (χ3n) is 3.33. The van der Waals surface area contributed by atoms with E-state index in [1.54, 1.807) is 0 Å². The molecule has 0 aliphatic heterocycles. The number of amides is 1. The number of aliphatic carboxylic acids is 1. The summed E-state index contributed by atoms with van der Waals surface area (Å²) in [5.74, 6) is -1.07. The highest BCUT2D eigenvalue weighted by Gasteiger charge is 2.42. The number of carboxylic acid groups (broad SMARTS) is 1. The van der Waals surface area contributed by atoms with E-state index in [2.05, 4.69) is 5.32 Å². The summed E-state index contributed by atoms with van der Waals surface area (Å²) < 4.78 is 0. The van der Waals surface area contributed by atoms with Crippen LogP contribution in [0.2, 0.25) is 0 Å². The molecule has 1 atom stereocenters. The van der Waals surface area contributed by atoms with Crippen molar-refractivity contribution in [2.45, 2.75) is 38.6 Å². The molecule has 0 radical (unpaired) electrons. The fourth-order valence-electron chi connectivity index (χ4n) is 1.93. The van der Waals surface area contributed by atoms with Crippen LogP contribution in [0.15, 0.2) is 0 Å². The molecule has 0 bridgehead atoms. The fraction of sp³-hybridized carbons (Fsp3) is 0.818. The van der Waals surface area contributed by atoms with Crippen molar-refractivity contribution in [3.8, 4) is 0 Å². The highest BCUT2D eigenvalue weighted by Crippen LogP contribution is 2.44. The SMILES string of the molecule is CC(C(=O)O)C(=O)NC(C1CC1)C1CC1. The maximum absolute atomic E-state index is 11.6. The van der Waals surface area contributed by atoms with Crippen LogP contribution in [0.5, 0.6) is 0 Å². The molecule has 2 aliphatic rings. The van der Waals surface area contributed by atoms with E-state index in [1.807, 2.05) is 0 Å². The Morgan fingerprint density at radius 2 is 1.67 bits per heavy atom. The summed E-state index contributed by atoms with van der Waals surface area (Å²) in [7, 11) is 0. The second-order valence-corrected chi connectivity index (χ2v) is 4.77. The van der Waals surface area contributed by atoms with Crippen LogP contribution in [0.3, 0.4) is 0 Å². The molecular formula is C11H17NO3. The zero-order valence-electron chi connectivity index (χ0n) is 8.90. The van der Waals surface area contributed by atoms with E-state index in [0.29, 0.717) is 11.8 Å². The minimum Gasteiger partial charge on any atom is -0.481 e. The van der Waals surface area contributed by atoms with Gasteiger partial charge in [-0.15, -0.1) is 0 Å². The molecule has 2 rings (SSSR count). The summed E-state index contributed by atoms with van der Waals surface area (Å²) in [6.07, 6.45) is 4.73. The van der Waals surface area contributed by atoms with Crippen molar-refractivity contribution in [3.05, 3.63) is 0 Å². The summed E-state index contributed by atoms with van der Waals surface area (Å²) in [6.45, 7) is 1.44. The van der Waals surface area contributed by atoms with Crippen LogP contribution in [0.25, 0.3) is 0 Å². The van der Waals surface area contributed by atoms with E-state index in [-0.39, 0.29) is 11.9 Å². The maximum atomic E-state index is 11.6. The zero-order valence-corrected chi connectivity index (χ0v) is 8.90. The number of rotatable bonds is 5. The summed E-state index contributed by atoms with van der Waals surface area (Å²) in [6, 6.07) is 0.249. The van der Waals surface area contributed by atoms with Crippen molar-refractivity contribution < 1.29 is 14.7 Å². The van der Waals surface area contributed by atoms with Crippen LogP contribution in [-0.4, -0.2) is 23.0 Å². The standard InChI is InChI=1S/C11H17NO3/c1-6(11(14)15)10(13)12-9(7-2-3-7)8-4-5-8/h6-9H,2-5H2,1H3,(H,12,13)(H,14,15). The van der Waals surface area contributed by atoms with Gasteiger partial charge in [-0.05, 0) is 44.4 Å². The van der Waals surface area contributed by atoms with Gasteiger partial charge in [0, 0.05) is 6.04 Å². The minimum atomic E-state index is -1.04. The first-order valence-electron chi connectivity index (χ1n) is 5.62. The van der Waals surface area contributed by atoms with Crippen molar-refractivity contribution in [3.63, 3.8) is 0 Å². The van der Waals surface area contributed by atoms with Crippen molar-refractivity contribution in [1.82, 2.24) is 5.32 Å². The van der Waals surface area contributed by atoms with Gasteiger partial charge < -0.3 is 10.4 Å². The number of carboxylic acids is 1. The molecule has 2 aliphatic carbocycles. The average molecular weight is 211 g/mol. The number of carbonyl (C=O) groups is 2. The molecule has 0 aromatic heterocycles. The Bertz CT molecular complexity index is 270. The van der Waals surface area contributed by atoms with Crippen LogP contribution in [0.1, 0.15) is 32.6 Å². The smallest absolute Gasteiger partial charge is 0.315 e. The fourth-order valence-corrected chi connectivity index (χ4v) is 1.93. The lowest BCUT2D eigenvalue weighted by atomic mass is 10.1. The van der Waals surface area contributed by atoms with Crippen LogP contribution in [0, 0.1) is 17.8 Å². The molecule has 84 valence electrons. The number of nitrogens with one attached hydrogen (secondary N) is 1. The lowest BCUT2D eigenvalue weighted by Crippen LogP contribution is -2.42. The molecule has 2 N–H and O–H groups in total. The highest BCUT2D eigenvalue weighted by molar-refractivity contribution is 5.96. The Morgan fingerprint density at radius 3 is 2.00 bits per heavy atom. The van der Waals surface area contributed by atoms with Gasteiger partial charge in [0.05, 0.1) is 0 Å². The lowest BCUT2D eigenvalue weighted by molar-refractivity contribution is -0.146. The molecule has 0 heterocycles. The number of hydrogen-bond donors (Lipinski definition) is 2. The molecule has 0 aromatic rings. The first-order chi connectivity index (χ1) is 7.09. The topological polar surface area (TPSA) is 66.4 Å². The van der Waals surface area contributed by atoms with Gasteiger partial charge in [-0.25, -0.2) is 0 Å². The molecule has 0 aromatic carbocycles. The first-order valence-corrected chi connectivity index (χ1v) is 5.62. The predicted molar refractivity (Wildman–Crippen MR) is 54.2 cm³/mol. The molecule has 0 spiro atoms. The number of carbonyl (C=O) groups excluding carboxylic acids is 1. The van der Waals surface area contributed by atoms with Gasteiger partial charge in [0.25, 0.3) is 0 Å². The third-order valence-corrected chi connectivity index (χ3v) is 3.33. The molecule has 4 nitrogen and oxygen atoms in total. The minimum absolute atomic E-state index is 0.249. The van der Waals surface area contributed by atoms with Gasteiger partial charge in [-0.3, -0.25) is 9.59 Å². The Balaban J connectivity index is 1.88. The molecule has 1 unspecified atom stereocenters. The zero-order chi connectivity index (χ0) is 11.0. The van der Waals surface area contributed by atoms with Gasteiger partial charge in [0.1, 0.15) is 5.92 Å². The second-order valence-electron chi connectivity index (χ2n) is 4.77. The van der Waals surface area contributed by atoms with E-state index in [1.165, 1.54) is 32.6 Å². The Labute approximate surface area is 89.0 Å². The number of hydrogen-bond acceptors (Lipinski definition) is 2. The van der Waals surface area contributed by atoms with Crippen LogP contribution in [0.4, 0.5) is 0 Å². The Hall–Kier alpha value is -1.06. The molecule has 2 saturated carbocycles. The lowest BCUT2D eigenvalue weighted by Gasteiger charge is -2.18. The van der Waals surface area contributed by atoms with Crippen molar-refractivity contribution in [2.75, 3.05) is 0 Å².